The number of rotatable bonds is 3. The summed E-state index contributed by atoms with van der Waals surface area (Å²) in [4.78, 5) is 12.2. The van der Waals surface area contributed by atoms with Crippen LogP contribution in [0.15, 0.2) is 22.7 Å². The molecule has 1 nitrogen and oxygen atoms in total. The van der Waals surface area contributed by atoms with E-state index in [4.69, 9.17) is 0 Å². The lowest BCUT2D eigenvalue weighted by Crippen LogP contribution is -2.27. The average molecular weight is 443 g/mol. The zero-order valence-electron chi connectivity index (χ0n) is 10.3. The van der Waals surface area contributed by atoms with Crippen LogP contribution in [0.1, 0.15) is 42.5 Å². The van der Waals surface area contributed by atoms with Crippen LogP contribution in [0.2, 0.25) is 0 Å². The fourth-order valence-corrected chi connectivity index (χ4v) is 3.53. The van der Waals surface area contributed by atoms with Gasteiger partial charge in [0.15, 0.2) is 5.78 Å². The highest BCUT2D eigenvalue weighted by Crippen LogP contribution is 2.38. The van der Waals surface area contributed by atoms with Crippen molar-refractivity contribution in [2.24, 2.45) is 5.92 Å². The van der Waals surface area contributed by atoms with E-state index in [0.29, 0.717) is 12.0 Å². The number of hydrogen-bond donors (Lipinski definition) is 0. The highest BCUT2D eigenvalue weighted by Gasteiger charge is 2.36. The van der Waals surface area contributed by atoms with Gasteiger partial charge in [-0.2, -0.15) is 0 Å². The SMILES string of the molecule is O=C(CC1CCCC(F)(F)C1)c1cc(Br)ccc1I. The van der Waals surface area contributed by atoms with Crippen LogP contribution in [-0.4, -0.2) is 11.7 Å². The number of ketones is 1. The molecular weight excluding hydrogens is 429 g/mol. The fourth-order valence-electron chi connectivity index (χ4n) is 2.53. The van der Waals surface area contributed by atoms with Gasteiger partial charge in [-0.25, -0.2) is 8.78 Å². The van der Waals surface area contributed by atoms with Crippen molar-refractivity contribution in [3.8, 4) is 0 Å². The summed E-state index contributed by atoms with van der Waals surface area (Å²) in [6.07, 6.45) is 1.28. The number of carbonyl (C=O) groups excluding carboxylic acids is 1. The molecule has 1 atom stereocenters. The van der Waals surface area contributed by atoms with Crippen LogP contribution in [0.5, 0.6) is 0 Å². The molecule has 5 heteroatoms. The van der Waals surface area contributed by atoms with Crippen molar-refractivity contribution in [3.63, 3.8) is 0 Å². The van der Waals surface area contributed by atoms with E-state index in [-0.39, 0.29) is 31.0 Å². The van der Waals surface area contributed by atoms with Crippen LogP contribution in [0, 0.1) is 9.49 Å². The van der Waals surface area contributed by atoms with Crippen molar-refractivity contribution in [2.45, 2.75) is 38.0 Å². The highest BCUT2D eigenvalue weighted by molar-refractivity contribution is 14.1. The smallest absolute Gasteiger partial charge is 0.248 e. The first-order valence-electron chi connectivity index (χ1n) is 6.23. The number of alkyl halides is 2. The van der Waals surface area contributed by atoms with Gasteiger partial charge in [-0.3, -0.25) is 4.79 Å². The normalized spacial score (nSPS) is 22.2. The predicted octanol–water partition coefficient (Wildman–Crippen LogP) is 5.45. The Bertz CT molecular complexity index is 490. The van der Waals surface area contributed by atoms with E-state index in [9.17, 15) is 13.6 Å². The molecule has 1 fully saturated rings. The Morgan fingerprint density at radius 2 is 2.21 bits per heavy atom. The average Bonchev–Trinajstić information content (AvgIpc) is 2.31. The molecule has 0 aliphatic heterocycles. The lowest BCUT2D eigenvalue weighted by molar-refractivity contribution is -0.0521. The topological polar surface area (TPSA) is 17.1 Å². The summed E-state index contributed by atoms with van der Waals surface area (Å²) in [5.74, 6) is -2.81. The molecule has 0 heterocycles. The first kappa shape index (κ1) is 15.4. The Kier molecular flexibility index (Phi) is 4.98. The summed E-state index contributed by atoms with van der Waals surface area (Å²) >= 11 is 5.44. The lowest BCUT2D eigenvalue weighted by Gasteiger charge is -2.28. The molecule has 1 aliphatic rings. The molecule has 104 valence electrons. The molecule has 1 aliphatic carbocycles. The molecule has 0 amide bonds. The molecule has 0 bridgehead atoms. The second kappa shape index (κ2) is 6.16. The largest absolute Gasteiger partial charge is 0.294 e. The van der Waals surface area contributed by atoms with Gasteiger partial charge < -0.3 is 0 Å². The van der Waals surface area contributed by atoms with E-state index in [1.807, 2.05) is 12.1 Å². The minimum Gasteiger partial charge on any atom is -0.294 e. The van der Waals surface area contributed by atoms with Gasteiger partial charge in [0, 0.05) is 32.9 Å². The molecule has 1 saturated carbocycles. The standard InChI is InChI=1S/C14H14BrF2IO/c15-10-3-4-12(18)11(7-10)13(19)6-9-2-1-5-14(16,17)8-9/h3-4,7,9H,1-2,5-6,8H2. The minimum atomic E-state index is -2.59. The predicted molar refractivity (Wildman–Crippen MR) is 82.7 cm³/mol. The second-order valence-corrected chi connectivity index (χ2v) is 7.15. The van der Waals surface area contributed by atoms with E-state index in [2.05, 4.69) is 38.5 Å². The molecule has 0 spiro atoms. The Labute approximate surface area is 133 Å². The first-order chi connectivity index (χ1) is 8.87. The first-order valence-corrected chi connectivity index (χ1v) is 8.11. The number of Topliss-reactive ketones (excluding diaryl/α,β-unsaturated/α-hetero) is 1. The van der Waals surface area contributed by atoms with Crippen molar-refractivity contribution < 1.29 is 13.6 Å². The van der Waals surface area contributed by atoms with Crippen molar-refractivity contribution in [2.75, 3.05) is 0 Å². The highest BCUT2D eigenvalue weighted by atomic mass is 127. The molecule has 0 aromatic heterocycles. The molecule has 0 N–H and O–H groups in total. The molecule has 0 saturated heterocycles. The quantitative estimate of drug-likeness (QED) is 0.449. The number of carbonyl (C=O) groups is 1. The lowest BCUT2D eigenvalue weighted by atomic mass is 9.82. The van der Waals surface area contributed by atoms with Gasteiger partial charge in [0.05, 0.1) is 0 Å². The van der Waals surface area contributed by atoms with E-state index in [1.54, 1.807) is 6.07 Å². The van der Waals surface area contributed by atoms with Crippen molar-refractivity contribution in [3.05, 3.63) is 31.8 Å². The van der Waals surface area contributed by atoms with Gasteiger partial charge in [0.1, 0.15) is 0 Å². The van der Waals surface area contributed by atoms with Gasteiger partial charge in [0.2, 0.25) is 5.92 Å². The zero-order valence-corrected chi connectivity index (χ0v) is 14.0. The second-order valence-electron chi connectivity index (χ2n) is 5.07. The van der Waals surface area contributed by atoms with Crippen molar-refractivity contribution >= 4 is 44.3 Å². The monoisotopic (exact) mass is 442 g/mol. The maximum Gasteiger partial charge on any atom is 0.248 e. The van der Waals surface area contributed by atoms with Crippen molar-refractivity contribution in [1.82, 2.24) is 0 Å². The van der Waals surface area contributed by atoms with Crippen LogP contribution in [0.3, 0.4) is 0 Å². The van der Waals surface area contributed by atoms with Gasteiger partial charge in [-0.1, -0.05) is 15.9 Å². The van der Waals surface area contributed by atoms with Crippen LogP contribution in [-0.2, 0) is 0 Å². The maximum atomic E-state index is 13.3. The maximum absolute atomic E-state index is 13.3. The summed E-state index contributed by atoms with van der Waals surface area (Å²) in [7, 11) is 0. The Balaban J connectivity index is 2.06. The van der Waals surface area contributed by atoms with Crippen molar-refractivity contribution in [1.29, 1.82) is 0 Å². The summed E-state index contributed by atoms with van der Waals surface area (Å²) in [5.41, 5.74) is 0.629. The van der Waals surface area contributed by atoms with Crippen LogP contribution < -0.4 is 0 Å². The van der Waals surface area contributed by atoms with E-state index in [0.717, 1.165) is 14.5 Å². The third-order valence-electron chi connectivity index (χ3n) is 3.45. The molecule has 19 heavy (non-hydrogen) atoms. The number of benzene rings is 1. The molecule has 2 rings (SSSR count). The van der Waals surface area contributed by atoms with Gasteiger partial charge in [-0.15, -0.1) is 0 Å². The summed E-state index contributed by atoms with van der Waals surface area (Å²) in [6, 6.07) is 5.49. The van der Waals surface area contributed by atoms with Gasteiger partial charge >= 0.3 is 0 Å². The third kappa shape index (κ3) is 4.21. The Hall–Kier alpha value is -0.0400. The van der Waals surface area contributed by atoms with Gasteiger partial charge in [-0.05, 0) is 59.5 Å². The molecule has 1 aromatic rings. The molecule has 1 unspecified atom stereocenters. The van der Waals surface area contributed by atoms with Crippen LogP contribution >= 0.6 is 38.5 Å². The van der Waals surface area contributed by atoms with Crippen LogP contribution in [0.4, 0.5) is 8.78 Å². The third-order valence-corrected chi connectivity index (χ3v) is 4.88. The minimum absolute atomic E-state index is 0.0339. The zero-order chi connectivity index (χ0) is 14.0. The summed E-state index contributed by atoms with van der Waals surface area (Å²) < 4.78 is 28.4. The Morgan fingerprint density at radius 1 is 1.47 bits per heavy atom. The van der Waals surface area contributed by atoms with Gasteiger partial charge in [0.25, 0.3) is 0 Å². The summed E-state index contributed by atoms with van der Waals surface area (Å²) in [6.45, 7) is 0. The molecule has 1 aromatic carbocycles. The van der Waals surface area contributed by atoms with E-state index in [1.165, 1.54) is 0 Å². The molecular formula is C14H14BrF2IO. The Morgan fingerprint density at radius 3 is 2.89 bits per heavy atom. The number of hydrogen-bond acceptors (Lipinski definition) is 1. The van der Waals surface area contributed by atoms with E-state index >= 15 is 0 Å². The molecule has 0 radical (unpaired) electrons. The van der Waals surface area contributed by atoms with E-state index < -0.39 is 5.92 Å². The fraction of sp³-hybridized carbons (Fsp3) is 0.500. The number of halogens is 4. The van der Waals surface area contributed by atoms with Crippen LogP contribution in [0.25, 0.3) is 0 Å². The summed E-state index contributed by atoms with van der Waals surface area (Å²) in [5, 5.41) is 0.